The van der Waals surface area contributed by atoms with Gasteiger partial charge < -0.3 is 4.74 Å². The van der Waals surface area contributed by atoms with Crippen molar-refractivity contribution in [2.45, 2.75) is 44.9 Å². The fourth-order valence-corrected chi connectivity index (χ4v) is 3.39. The molecule has 0 radical (unpaired) electrons. The van der Waals surface area contributed by atoms with Crippen LogP contribution >= 0.6 is 0 Å². The number of esters is 1. The third-order valence-electron chi connectivity index (χ3n) is 3.22. The van der Waals surface area contributed by atoms with Gasteiger partial charge >= 0.3 is 5.97 Å². The quantitative estimate of drug-likeness (QED) is 0.536. The number of piperidine rings is 1. The number of nitrogens with zero attached hydrogens (tertiary/aromatic N) is 1. The van der Waals surface area contributed by atoms with E-state index in [4.69, 9.17) is 0 Å². The molecule has 0 aromatic carbocycles. The SMILES string of the molecule is COC(=O)CCCCCNS(=O)(=O)N1CCCCC1. The van der Waals surface area contributed by atoms with Crippen molar-refractivity contribution in [3.05, 3.63) is 0 Å². The van der Waals surface area contributed by atoms with Crippen LogP contribution in [-0.4, -0.2) is 45.4 Å². The van der Waals surface area contributed by atoms with Gasteiger partial charge in [-0.2, -0.15) is 12.7 Å². The number of hydrogen-bond donors (Lipinski definition) is 1. The summed E-state index contributed by atoms with van der Waals surface area (Å²) >= 11 is 0. The van der Waals surface area contributed by atoms with Gasteiger partial charge in [0.05, 0.1) is 7.11 Å². The van der Waals surface area contributed by atoms with Gasteiger partial charge in [0.1, 0.15) is 0 Å². The van der Waals surface area contributed by atoms with E-state index in [0.29, 0.717) is 26.1 Å². The lowest BCUT2D eigenvalue weighted by Crippen LogP contribution is -2.43. The zero-order valence-corrected chi connectivity index (χ0v) is 12.4. The first kappa shape index (κ1) is 16.4. The van der Waals surface area contributed by atoms with Crippen LogP contribution in [0.3, 0.4) is 0 Å². The van der Waals surface area contributed by atoms with Crippen LogP contribution in [-0.2, 0) is 19.7 Å². The molecule has 0 unspecified atom stereocenters. The number of hydrogen-bond acceptors (Lipinski definition) is 4. The standard InChI is InChI=1S/C12H24N2O4S/c1-18-12(15)8-4-2-5-9-13-19(16,17)14-10-6-3-7-11-14/h13H,2-11H2,1H3. The molecule has 0 aromatic heterocycles. The topological polar surface area (TPSA) is 75.7 Å². The fraction of sp³-hybridized carbons (Fsp3) is 0.917. The minimum atomic E-state index is -3.30. The lowest BCUT2D eigenvalue weighted by atomic mass is 10.2. The van der Waals surface area contributed by atoms with Crippen molar-refractivity contribution < 1.29 is 17.9 Å². The Morgan fingerprint density at radius 1 is 1.16 bits per heavy atom. The van der Waals surface area contributed by atoms with Gasteiger partial charge in [-0.15, -0.1) is 0 Å². The Labute approximate surface area is 115 Å². The molecule has 112 valence electrons. The van der Waals surface area contributed by atoms with E-state index < -0.39 is 10.2 Å². The van der Waals surface area contributed by atoms with Gasteiger partial charge in [-0.25, -0.2) is 4.72 Å². The minimum Gasteiger partial charge on any atom is -0.469 e. The van der Waals surface area contributed by atoms with Crippen molar-refractivity contribution in [3.63, 3.8) is 0 Å². The summed E-state index contributed by atoms with van der Waals surface area (Å²) in [5, 5.41) is 0. The van der Waals surface area contributed by atoms with Crippen molar-refractivity contribution in [2.75, 3.05) is 26.7 Å². The highest BCUT2D eigenvalue weighted by Crippen LogP contribution is 2.11. The molecule has 1 fully saturated rings. The summed E-state index contributed by atoms with van der Waals surface area (Å²) in [5.41, 5.74) is 0. The Hall–Kier alpha value is -0.660. The predicted octanol–water partition coefficient (Wildman–Crippen LogP) is 1.04. The minimum absolute atomic E-state index is 0.214. The summed E-state index contributed by atoms with van der Waals surface area (Å²) in [6, 6.07) is 0. The first-order valence-corrected chi connectivity index (χ1v) is 8.32. The Kier molecular flexibility index (Phi) is 7.33. The highest BCUT2D eigenvalue weighted by molar-refractivity contribution is 7.87. The van der Waals surface area contributed by atoms with Crippen LogP contribution in [0.15, 0.2) is 0 Å². The van der Waals surface area contributed by atoms with Crippen LogP contribution in [0, 0.1) is 0 Å². The van der Waals surface area contributed by atoms with Gasteiger partial charge in [-0.3, -0.25) is 4.79 Å². The van der Waals surface area contributed by atoms with Gasteiger partial charge in [0.15, 0.2) is 0 Å². The maximum Gasteiger partial charge on any atom is 0.305 e. The number of methoxy groups -OCH3 is 1. The highest BCUT2D eigenvalue weighted by atomic mass is 32.2. The van der Waals surface area contributed by atoms with Gasteiger partial charge in [-0.1, -0.05) is 12.8 Å². The summed E-state index contributed by atoms with van der Waals surface area (Å²) in [6.07, 6.45) is 5.69. The Morgan fingerprint density at radius 3 is 2.47 bits per heavy atom. The molecule has 1 heterocycles. The molecular weight excluding hydrogens is 268 g/mol. The third kappa shape index (κ3) is 6.35. The zero-order valence-electron chi connectivity index (χ0n) is 11.6. The molecule has 0 aromatic rings. The maximum absolute atomic E-state index is 11.9. The monoisotopic (exact) mass is 292 g/mol. The third-order valence-corrected chi connectivity index (χ3v) is 4.84. The van der Waals surface area contributed by atoms with Gasteiger partial charge in [-0.05, 0) is 25.7 Å². The first-order valence-electron chi connectivity index (χ1n) is 6.88. The lowest BCUT2D eigenvalue weighted by molar-refractivity contribution is -0.140. The maximum atomic E-state index is 11.9. The van der Waals surface area contributed by atoms with E-state index in [2.05, 4.69) is 9.46 Å². The molecular formula is C12H24N2O4S. The second-order valence-electron chi connectivity index (χ2n) is 4.75. The summed E-state index contributed by atoms with van der Waals surface area (Å²) in [6.45, 7) is 1.68. The number of carbonyl (C=O) groups is 1. The Morgan fingerprint density at radius 2 is 1.84 bits per heavy atom. The van der Waals surface area contributed by atoms with E-state index in [1.54, 1.807) is 0 Å². The van der Waals surface area contributed by atoms with E-state index >= 15 is 0 Å². The van der Waals surface area contributed by atoms with Crippen LogP contribution in [0.5, 0.6) is 0 Å². The average Bonchev–Trinajstić information content (AvgIpc) is 2.43. The lowest BCUT2D eigenvalue weighted by Gasteiger charge is -2.25. The largest absolute Gasteiger partial charge is 0.469 e. The Balaban J connectivity index is 2.12. The second-order valence-corrected chi connectivity index (χ2v) is 6.50. The number of ether oxygens (including phenoxy) is 1. The van der Waals surface area contributed by atoms with Crippen molar-refractivity contribution in [3.8, 4) is 0 Å². The van der Waals surface area contributed by atoms with E-state index in [9.17, 15) is 13.2 Å². The molecule has 7 heteroatoms. The molecule has 0 bridgehead atoms. The molecule has 0 aliphatic carbocycles. The van der Waals surface area contributed by atoms with Crippen molar-refractivity contribution in [2.24, 2.45) is 0 Å². The molecule has 0 amide bonds. The van der Waals surface area contributed by atoms with Crippen LogP contribution in [0.1, 0.15) is 44.9 Å². The zero-order chi connectivity index (χ0) is 14.1. The molecule has 19 heavy (non-hydrogen) atoms. The normalized spacial score (nSPS) is 17.3. The number of carbonyl (C=O) groups excluding carboxylic acids is 1. The molecule has 0 saturated carbocycles. The van der Waals surface area contributed by atoms with Gasteiger partial charge in [0, 0.05) is 26.1 Å². The van der Waals surface area contributed by atoms with Gasteiger partial charge in [0.2, 0.25) is 0 Å². The molecule has 0 spiro atoms. The van der Waals surface area contributed by atoms with Crippen molar-refractivity contribution in [1.29, 1.82) is 0 Å². The van der Waals surface area contributed by atoms with Gasteiger partial charge in [0.25, 0.3) is 10.2 Å². The number of rotatable bonds is 8. The smallest absolute Gasteiger partial charge is 0.305 e. The van der Waals surface area contributed by atoms with Crippen LogP contribution in [0.4, 0.5) is 0 Å². The van der Waals surface area contributed by atoms with E-state index in [1.165, 1.54) is 11.4 Å². The molecule has 0 atom stereocenters. The molecule has 1 saturated heterocycles. The van der Waals surface area contributed by atoms with E-state index in [-0.39, 0.29) is 5.97 Å². The summed E-state index contributed by atoms with van der Waals surface area (Å²) in [5.74, 6) is -0.214. The predicted molar refractivity (Wildman–Crippen MR) is 72.8 cm³/mol. The van der Waals surface area contributed by atoms with E-state index in [1.807, 2.05) is 0 Å². The number of nitrogens with one attached hydrogen (secondary N) is 1. The summed E-state index contributed by atoms with van der Waals surface area (Å²) < 4.78 is 32.5. The fourth-order valence-electron chi connectivity index (χ4n) is 2.07. The highest BCUT2D eigenvalue weighted by Gasteiger charge is 2.22. The van der Waals surface area contributed by atoms with E-state index in [0.717, 1.165) is 38.5 Å². The molecule has 1 aliphatic rings. The first-order chi connectivity index (χ1) is 9.06. The average molecular weight is 292 g/mol. The second kappa shape index (κ2) is 8.50. The molecule has 1 rings (SSSR count). The van der Waals surface area contributed by atoms with Crippen LogP contribution in [0.25, 0.3) is 0 Å². The summed E-state index contributed by atoms with van der Waals surface area (Å²) in [7, 11) is -1.93. The van der Waals surface area contributed by atoms with Crippen molar-refractivity contribution in [1.82, 2.24) is 9.03 Å². The van der Waals surface area contributed by atoms with Crippen molar-refractivity contribution >= 4 is 16.2 Å². The summed E-state index contributed by atoms with van der Waals surface area (Å²) in [4.78, 5) is 10.9. The molecule has 6 nitrogen and oxygen atoms in total. The molecule has 1 aliphatic heterocycles. The van der Waals surface area contributed by atoms with Crippen LogP contribution in [0.2, 0.25) is 0 Å². The Bertz CT molecular complexity index is 364. The number of unbranched alkanes of at least 4 members (excludes halogenated alkanes) is 2. The molecule has 1 N–H and O–H groups in total. The van der Waals surface area contributed by atoms with Crippen LogP contribution < -0.4 is 4.72 Å².